The number of ether oxygens (including phenoxy) is 1. The fourth-order valence-electron chi connectivity index (χ4n) is 2.89. The molecule has 2 aromatic rings. The first kappa shape index (κ1) is 17.1. The summed E-state index contributed by atoms with van der Waals surface area (Å²) in [6, 6.07) is 12.6. The summed E-state index contributed by atoms with van der Waals surface area (Å²) in [5, 5.41) is 8.93. The first-order valence-electron chi connectivity index (χ1n) is 8.27. The van der Waals surface area contributed by atoms with Gasteiger partial charge in [-0.2, -0.15) is 0 Å². The van der Waals surface area contributed by atoms with Crippen LogP contribution in [-0.2, 0) is 11.3 Å². The van der Waals surface area contributed by atoms with Crippen LogP contribution in [0.15, 0.2) is 48.7 Å². The SMILES string of the molecule is O=C(O)c1ccc(C(=O)N(Cc2ccccc2)C[C@@H]2CCCO2)cn1. The van der Waals surface area contributed by atoms with E-state index in [0.717, 1.165) is 25.0 Å². The summed E-state index contributed by atoms with van der Waals surface area (Å²) in [5.74, 6) is -1.29. The molecule has 0 radical (unpaired) electrons. The van der Waals surface area contributed by atoms with Gasteiger partial charge in [-0.25, -0.2) is 9.78 Å². The lowest BCUT2D eigenvalue weighted by Gasteiger charge is -2.25. The maximum absolute atomic E-state index is 12.9. The molecule has 1 aromatic heterocycles. The molecule has 0 aliphatic carbocycles. The van der Waals surface area contributed by atoms with Crippen LogP contribution in [0, 0.1) is 0 Å². The molecule has 1 N–H and O–H groups in total. The van der Waals surface area contributed by atoms with Gasteiger partial charge in [0.2, 0.25) is 0 Å². The zero-order valence-electron chi connectivity index (χ0n) is 13.8. The van der Waals surface area contributed by atoms with Crippen LogP contribution in [0.1, 0.15) is 39.3 Å². The van der Waals surface area contributed by atoms with E-state index >= 15 is 0 Å². The summed E-state index contributed by atoms with van der Waals surface area (Å²) in [7, 11) is 0. The van der Waals surface area contributed by atoms with E-state index in [1.54, 1.807) is 4.90 Å². The second-order valence-electron chi connectivity index (χ2n) is 6.04. The maximum atomic E-state index is 12.9. The van der Waals surface area contributed by atoms with Crippen LogP contribution in [0.3, 0.4) is 0 Å². The summed E-state index contributed by atoms with van der Waals surface area (Å²) >= 11 is 0. The summed E-state index contributed by atoms with van der Waals surface area (Å²) in [4.78, 5) is 29.4. The summed E-state index contributed by atoms with van der Waals surface area (Å²) in [6.45, 7) is 1.71. The predicted octanol–water partition coefficient (Wildman–Crippen LogP) is 2.60. The average molecular weight is 340 g/mol. The Morgan fingerprint density at radius 3 is 2.60 bits per heavy atom. The van der Waals surface area contributed by atoms with Crippen molar-refractivity contribution in [3.63, 3.8) is 0 Å². The number of carboxylic acids is 1. The van der Waals surface area contributed by atoms with Gasteiger partial charge in [-0.15, -0.1) is 0 Å². The van der Waals surface area contributed by atoms with Crippen LogP contribution >= 0.6 is 0 Å². The highest BCUT2D eigenvalue weighted by molar-refractivity contribution is 5.94. The van der Waals surface area contributed by atoms with Crippen LogP contribution < -0.4 is 0 Å². The monoisotopic (exact) mass is 340 g/mol. The highest BCUT2D eigenvalue weighted by Gasteiger charge is 2.24. The van der Waals surface area contributed by atoms with Crippen LogP contribution in [0.4, 0.5) is 0 Å². The Morgan fingerprint density at radius 1 is 1.20 bits per heavy atom. The van der Waals surface area contributed by atoms with E-state index in [1.807, 2.05) is 30.3 Å². The minimum Gasteiger partial charge on any atom is -0.477 e. The number of carboxylic acid groups (broad SMARTS) is 1. The van der Waals surface area contributed by atoms with Gasteiger partial charge in [-0.1, -0.05) is 30.3 Å². The van der Waals surface area contributed by atoms with Crippen LogP contribution in [0.25, 0.3) is 0 Å². The molecule has 3 rings (SSSR count). The molecule has 1 aliphatic rings. The molecular weight excluding hydrogens is 320 g/mol. The Labute approximate surface area is 146 Å². The van der Waals surface area contributed by atoms with Crippen molar-refractivity contribution >= 4 is 11.9 Å². The number of amides is 1. The standard InChI is InChI=1S/C19H20N2O4/c22-18(15-8-9-17(19(23)24)20-11-15)21(13-16-7-4-10-25-16)12-14-5-2-1-3-6-14/h1-3,5-6,8-9,11,16H,4,7,10,12-13H2,(H,23,24)/t16-/m0/s1. The second-order valence-corrected chi connectivity index (χ2v) is 6.04. The summed E-state index contributed by atoms with van der Waals surface area (Å²) in [6.07, 6.45) is 3.31. The van der Waals surface area contributed by atoms with Gasteiger partial charge >= 0.3 is 5.97 Å². The van der Waals surface area contributed by atoms with E-state index in [0.29, 0.717) is 18.7 Å². The van der Waals surface area contributed by atoms with E-state index < -0.39 is 5.97 Å². The van der Waals surface area contributed by atoms with Gasteiger partial charge in [0.05, 0.1) is 11.7 Å². The highest BCUT2D eigenvalue weighted by Crippen LogP contribution is 2.17. The fourth-order valence-corrected chi connectivity index (χ4v) is 2.89. The van der Waals surface area contributed by atoms with E-state index in [2.05, 4.69) is 4.98 Å². The molecule has 6 heteroatoms. The highest BCUT2D eigenvalue weighted by atomic mass is 16.5. The Kier molecular flexibility index (Phi) is 5.40. The van der Waals surface area contributed by atoms with Crippen molar-refractivity contribution in [3.8, 4) is 0 Å². The minimum absolute atomic E-state index is 0.0407. The minimum atomic E-state index is -1.11. The van der Waals surface area contributed by atoms with E-state index in [-0.39, 0.29) is 17.7 Å². The fraction of sp³-hybridized carbons (Fsp3) is 0.316. The van der Waals surface area contributed by atoms with Crippen molar-refractivity contribution in [2.45, 2.75) is 25.5 Å². The van der Waals surface area contributed by atoms with Crippen molar-refractivity contribution in [1.29, 1.82) is 0 Å². The van der Waals surface area contributed by atoms with Gasteiger partial charge in [0.1, 0.15) is 5.69 Å². The molecule has 0 saturated carbocycles. The van der Waals surface area contributed by atoms with E-state index in [1.165, 1.54) is 18.3 Å². The third-order valence-corrected chi connectivity index (χ3v) is 4.18. The lowest BCUT2D eigenvalue weighted by Crippen LogP contribution is -2.37. The number of rotatable bonds is 6. The molecular formula is C19H20N2O4. The van der Waals surface area contributed by atoms with Crippen molar-refractivity contribution in [2.24, 2.45) is 0 Å². The lowest BCUT2D eigenvalue weighted by atomic mass is 10.1. The molecule has 1 aliphatic heterocycles. The number of hydrogen-bond donors (Lipinski definition) is 1. The number of carbonyl (C=O) groups is 2. The molecule has 1 amide bonds. The van der Waals surface area contributed by atoms with Crippen molar-refractivity contribution < 1.29 is 19.4 Å². The average Bonchev–Trinajstić information content (AvgIpc) is 3.14. The van der Waals surface area contributed by atoms with Crippen molar-refractivity contribution in [2.75, 3.05) is 13.2 Å². The summed E-state index contributed by atoms with van der Waals surface area (Å²) in [5.41, 5.74) is 1.33. The molecule has 6 nitrogen and oxygen atoms in total. The van der Waals surface area contributed by atoms with Gasteiger partial charge in [0.25, 0.3) is 5.91 Å². The number of benzene rings is 1. The zero-order valence-corrected chi connectivity index (χ0v) is 13.8. The van der Waals surface area contributed by atoms with E-state index in [4.69, 9.17) is 9.84 Å². The van der Waals surface area contributed by atoms with Crippen LogP contribution in [-0.4, -0.2) is 46.1 Å². The molecule has 25 heavy (non-hydrogen) atoms. The third-order valence-electron chi connectivity index (χ3n) is 4.18. The Hall–Kier alpha value is -2.73. The molecule has 2 heterocycles. The third kappa shape index (κ3) is 4.42. The number of aromatic nitrogens is 1. The zero-order chi connectivity index (χ0) is 17.6. The van der Waals surface area contributed by atoms with Gasteiger partial charge in [-0.05, 0) is 30.5 Å². The van der Waals surface area contributed by atoms with Gasteiger partial charge in [-0.3, -0.25) is 4.79 Å². The first-order valence-corrected chi connectivity index (χ1v) is 8.27. The maximum Gasteiger partial charge on any atom is 0.354 e. The molecule has 1 atom stereocenters. The smallest absolute Gasteiger partial charge is 0.354 e. The van der Waals surface area contributed by atoms with Gasteiger partial charge in [0, 0.05) is 25.9 Å². The predicted molar refractivity (Wildman–Crippen MR) is 91.4 cm³/mol. The molecule has 1 saturated heterocycles. The Morgan fingerprint density at radius 2 is 2.00 bits per heavy atom. The van der Waals surface area contributed by atoms with Gasteiger partial charge < -0.3 is 14.7 Å². The van der Waals surface area contributed by atoms with Gasteiger partial charge in [0.15, 0.2) is 0 Å². The van der Waals surface area contributed by atoms with Crippen LogP contribution in [0.5, 0.6) is 0 Å². The molecule has 0 unspecified atom stereocenters. The first-order chi connectivity index (χ1) is 12.1. The van der Waals surface area contributed by atoms with Crippen molar-refractivity contribution in [3.05, 3.63) is 65.5 Å². The number of carbonyl (C=O) groups excluding carboxylic acids is 1. The number of nitrogens with zero attached hydrogens (tertiary/aromatic N) is 2. The number of pyridine rings is 1. The van der Waals surface area contributed by atoms with Crippen LogP contribution in [0.2, 0.25) is 0 Å². The Balaban J connectivity index is 1.78. The molecule has 130 valence electrons. The lowest BCUT2D eigenvalue weighted by molar-refractivity contribution is 0.0506. The molecule has 0 bridgehead atoms. The van der Waals surface area contributed by atoms with E-state index in [9.17, 15) is 9.59 Å². The number of hydrogen-bond acceptors (Lipinski definition) is 4. The summed E-state index contributed by atoms with van der Waals surface area (Å²) < 4.78 is 5.67. The largest absolute Gasteiger partial charge is 0.477 e. The van der Waals surface area contributed by atoms with Crippen molar-refractivity contribution in [1.82, 2.24) is 9.88 Å². The Bertz CT molecular complexity index is 725. The molecule has 1 fully saturated rings. The molecule has 0 spiro atoms. The topological polar surface area (TPSA) is 79.7 Å². The second kappa shape index (κ2) is 7.90. The normalized spacial score (nSPS) is 16.6. The quantitative estimate of drug-likeness (QED) is 0.874. The molecule has 1 aromatic carbocycles. The number of aromatic carboxylic acids is 1.